The fourth-order valence-electron chi connectivity index (χ4n) is 3.50. The number of likely N-dealkylation sites (tertiary alicyclic amines) is 1. The Hall–Kier alpha value is -3.14. The van der Waals surface area contributed by atoms with Crippen molar-refractivity contribution in [1.82, 2.24) is 19.9 Å². The number of pyridine rings is 1. The zero-order chi connectivity index (χ0) is 21.4. The molecule has 1 fully saturated rings. The van der Waals surface area contributed by atoms with E-state index in [9.17, 15) is 19.1 Å². The summed E-state index contributed by atoms with van der Waals surface area (Å²) in [5, 5.41) is 12.3. The summed E-state index contributed by atoms with van der Waals surface area (Å²) in [5.74, 6) is -1.96. The normalized spacial score (nSPS) is 17.3. The van der Waals surface area contributed by atoms with Gasteiger partial charge in [-0.05, 0) is 38.0 Å². The lowest BCUT2D eigenvalue weighted by Gasteiger charge is -2.18. The van der Waals surface area contributed by atoms with E-state index in [0.29, 0.717) is 28.7 Å². The zero-order valence-electron chi connectivity index (χ0n) is 16.4. The number of carboxylic acid groups (broad SMARTS) is 1. The molecule has 4 heterocycles. The third-order valence-electron chi connectivity index (χ3n) is 5.09. The SMILES string of the molecule is Cc1cc2nc(NC(C)c3cncc(F)c3)nc(C(=O)N3CCC(C(=O)O)C3)c2s1. The number of nitrogens with one attached hydrogen (secondary N) is 1. The van der Waals surface area contributed by atoms with Crippen LogP contribution in [0.15, 0.2) is 24.5 Å². The number of amides is 1. The largest absolute Gasteiger partial charge is 0.481 e. The first-order valence-electron chi connectivity index (χ1n) is 9.49. The Bertz CT molecular complexity index is 1130. The van der Waals surface area contributed by atoms with Gasteiger partial charge in [0.05, 0.1) is 28.4 Å². The number of aliphatic carboxylic acids is 1. The molecule has 156 valence electrons. The van der Waals surface area contributed by atoms with Crippen molar-refractivity contribution in [3.05, 3.63) is 46.5 Å². The molecule has 8 nitrogen and oxygen atoms in total. The van der Waals surface area contributed by atoms with Crippen LogP contribution in [0.4, 0.5) is 10.3 Å². The molecule has 0 radical (unpaired) electrons. The van der Waals surface area contributed by atoms with Gasteiger partial charge in [-0.1, -0.05) is 0 Å². The van der Waals surface area contributed by atoms with E-state index < -0.39 is 17.7 Å². The molecule has 1 saturated heterocycles. The highest BCUT2D eigenvalue weighted by Crippen LogP contribution is 2.30. The third-order valence-corrected chi connectivity index (χ3v) is 6.14. The summed E-state index contributed by atoms with van der Waals surface area (Å²) in [5.41, 5.74) is 1.50. The molecule has 1 aliphatic heterocycles. The van der Waals surface area contributed by atoms with Gasteiger partial charge in [0, 0.05) is 24.2 Å². The smallest absolute Gasteiger partial charge is 0.308 e. The van der Waals surface area contributed by atoms with Crippen molar-refractivity contribution in [2.45, 2.75) is 26.3 Å². The molecule has 2 N–H and O–H groups in total. The van der Waals surface area contributed by atoms with Gasteiger partial charge in [-0.2, -0.15) is 0 Å². The summed E-state index contributed by atoms with van der Waals surface area (Å²) in [4.78, 5) is 39.7. The maximum atomic E-state index is 13.5. The Morgan fingerprint density at radius 2 is 2.13 bits per heavy atom. The van der Waals surface area contributed by atoms with Crippen LogP contribution in [0.3, 0.4) is 0 Å². The molecule has 0 aliphatic carbocycles. The zero-order valence-corrected chi connectivity index (χ0v) is 17.2. The highest BCUT2D eigenvalue weighted by molar-refractivity contribution is 7.19. The Kier molecular flexibility index (Phi) is 5.33. The van der Waals surface area contributed by atoms with Crippen molar-refractivity contribution in [3.63, 3.8) is 0 Å². The minimum Gasteiger partial charge on any atom is -0.481 e. The lowest BCUT2D eigenvalue weighted by Crippen LogP contribution is -2.31. The van der Waals surface area contributed by atoms with Crippen LogP contribution in [-0.4, -0.2) is 49.9 Å². The third kappa shape index (κ3) is 3.95. The molecule has 3 aromatic rings. The monoisotopic (exact) mass is 429 g/mol. The predicted octanol–water partition coefficient (Wildman–Crippen LogP) is 3.25. The van der Waals surface area contributed by atoms with Crippen LogP contribution < -0.4 is 5.32 Å². The molecule has 2 unspecified atom stereocenters. The highest BCUT2D eigenvalue weighted by atomic mass is 32.1. The Labute approximate surface area is 175 Å². The summed E-state index contributed by atoms with van der Waals surface area (Å²) in [6, 6.07) is 2.92. The maximum Gasteiger partial charge on any atom is 0.308 e. The van der Waals surface area contributed by atoms with Crippen LogP contribution in [-0.2, 0) is 4.79 Å². The van der Waals surface area contributed by atoms with Crippen LogP contribution >= 0.6 is 11.3 Å². The molecule has 10 heteroatoms. The van der Waals surface area contributed by atoms with Crippen molar-refractivity contribution >= 4 is 39.4 Å². The summed E-state index contributed by atoms with van der Waals surface area (Å²) < 4.78 is 14.2. The minimum absolute atomic E-state index is 0.165. The highest BCUT2D eigenvalue weighted by Gasteiger charge is 2.33. The van der Waals surface area contributed by atoms with Gasteiger partial charge in [0.15, 0.2) is 5.69 Å². The fourth-order valence-corrected chi connectivity index (χ4v) is 4.43. The Morgan fingerprint density at radius 1 is 1.33 bits per heavy atom. The number of rotatable bonds is 5. The topological polar surface area (TPSA) is 108 Å². The number of hydrogen-bond donors (Lipinski definition) is 2. The number of carboxylic acids is 1. The second kappa shape index (κ2) is 7.94. The first-order valence-corrected chi connectivity index (χ1v) is 10.3. The number of aromatic nitrogens is 3. The van der Waals surface area contributed by atoms with Crippen LogP contribution in [0.1, 0.15) is 40.3 Å². The number of nitrogens with zero attached hydrogens (tertiary/aromatic N) is 4. The number of halogens is 1. The Morgan fingerprint density at radius 3 is 2.83 bits per heavy atom. The molecular formula is C20H20FN5O3S. The van der Waals surface area contributed by atoms with Crippen LogP contribution in [0, 0.1) is 18.7 Å². The first-order chi connectivity index (χ1) is 14.3. The van der Waals surface area contributed by atoms with Crippen LogP contribution in [0.2, 0.25) is 0 Å². The number of carbonyl (C=O) groups is 2. The average molecular weight is 429 g/mol. The van der Waals surface area contributed by atoms with Gasteiger partial charge < -0.3 is 15.3 Å². The number of aryl methyl sites for hydroxylation is 1. The first kappa shape index (κ1) is 20.1. The van der Waals surface area contributed by atoms with Gasteiger partial charge in [-0.15, -0.1) is 11.3 Å². The standard InChI is InChI=1S/C20H20FN5O3S/c1-10-5-15-17(30-10)16(18(27)26-4-3-12(9-26)19(28)29)25-20(24-15)23-11(2)13-6-14(21)8-22-7-13/h5-8,11-12H,3-4,9H2,1-2H3,(H,28,29)(H,23,24,25). The fraction of sp³-hybridized carbons (Fsp3) is 0.350. The van der Waals surface area contributed by atoms with Gasteiger partial charge in [0.25, 0.3) is 5.91 Å². The van der Waals surface area contributed by atoms with Gasteiger partial charge in [0.2, 0.25) is 5.95 Å². The van der Waals surface area contributed by atoms with Gasteiger partial charge >= 0.3 is 5.97 Å². The summed E-state index contributed by atoms with van der Waals surface area (Å²) in [7, 11) is 0. The molecule has 3 aromatic heterocycles. The van der Waals surface area contributed by atoms with E-state index in [0.717, 1.165) is 11.1 Å². The molecule has 0 aromatic carbocycles. The van der Waals surface area contributed by atoms with Crippen molar-refractivity contribution in [3.8, 4) is 0 Å². The van der Waals surface area contributed by atoms with E-state index >= 15 is 0 Å². The molecule has 1 amide bonds. The molecule has 0 saturated carbocycles. The number of hydrogen-bond acceptors (Lipinski definition) is 7. The van der Waals surface area contributed by atoms with E-state index in [4.69, 9.17) is 0 Å². The Balaban J connectivity index is 1.66. The summed E-state index contributed by atoms with van der Waals surface area (Å²) >= 11 is 1.42. The average Bonchev–Trinajstić information content (AvgIpc) is 3.33. The van der Waals surface area contributed by atoms with Gasteiger partial charge in [-0.25, -0.2) is 14.4 Å². The van der Waals surface area contributed by atoms with Crippen LogP contribution in [0.25, 0.3) is 10.2 Å². The molecule has 4 rings (SSSR count). The molecule has 0 spiro atoms. The van der Waals surface area contributed by atoms with E-state index in [1.54, 1.807) is 6.20 Å². The molecule has 1 aliphatic rings. The number of thiophene rings is 1. The lowest BCUT2D eigenvalue weighted by atomic mass is 10.1. The maximum absolute atomic E-state index is 13.5. The minimum atomic E-state index is -0.898. The number of anilines is 1. The number of carbonyl (C=O) groups excluding carboxylic acids is 1. The second-order valence-electron chi connectivity index (χ2n) is 7.34. The van der Waals surface area contributed by atoms with Crippen LogP contribution in [0.5, 0.6) is 0 Å². The van der Waals surface area contributed by atoms with Crippen molar-refractivity contribution < 1.29 is 19.1 Å². The summed E-state index contributed by atoms with van der Waals surface area (Å²) in [6.07, 6.45) is 3.11. The van der Waals surface area contributed by atoms with E-state index in [1.165, 1.54) is 22.3 Å². The quantitative estimate of drug-likeness (QED) is 0.641. The van der Waals surface area contributed by atoms with Crippen molar-refractivity contribution in [2.75, 3.05) is 18.4 Å². The lowest BCUT2D eigenvalue weighted by molar-refractivity contribution is -0.141. The van der Waals surface area contributed by atoms with E-state index in [2.05, 4.69) is 20.3 Å². The molecule has 2 atom stereocenters. The van der Waals surface area contributed by atoms with E-state index in [1.807, 2.05) is 19.9 Å². The summed E-state index contributed by atoms with van der Waals surface area (Å²) in [6.45, 7) is 4.28. The van der Waals surface area contributed by atoms with Crippen molar-refractivity contribution in [1.29, 1.82) is 0 Å². The second-order valence-corrected chi connectivity index (χ2v) is 8.60. The number of fused-ring (bicyclic) bond motifs is 1. The molecular weight excluding hydrogens is 409 g/mol. The van der Waals surface area contributed by atoms with Gasteiger partial charge in [0.1, 0.15) is 5.82 Å². The van der Waals surface area contributed by atoms with E-state index in [-0.39, 0.29) is 30.1 Å². The molecule has 30 heavy (non-hydrogen) atoms. The van der Waals surface area contributed by atoms with Crippen molar-refractivity contribution in [2.24, 2.45) is 5.92 Å². The van der Waals surface area contributed by atoms with Gasteiger partial charge in [-0.3, -0.25) is 14.6 Å². The molecule has 0 bridgehead atoms. The predicted molar refractivity (Wildman–Crippen MR) is 110 cm³/mol.